The molecule has 0 unspecified atom stereocenters. The van der Waals surface area contributed by atoms with E-state index in [1.54, 1.807) is 24.3 Å². The number of aromatic nitrogens is 4. The van der Waals surface area contributed by atoms with Gasteiger partial charge in [-0.15, -0.1) is 15.3 Å². The highest BCUT2D eigenvalue weighted by atomic mass is 35.5. The number of halogens is 2. The molecule has 2 aromatic carbocycles. The van der Waals surface area contributed by atoms with Crippen LogP contribution >= 0.6 is 23.2 Å². The van der Waals surface area contributed by atoms with Gasteiger partial charge < -0.3 is 4.74 Å². The molecule has 4 rings (SSSR count). The van der Waals surface area contributed by atoms with Crippen molar-refractivity contribution in [1.82, 2.24) is 19.8 Å². The molecule has 0 N–H and O–H groups in total. The fraction of sp³-hybridized carbons (Fsp3) is 0. The summed E-state index contributed by atoms with van der Waals surface area (Å²) in [5.41, 5.74) is 2.23. The van der Waals surface area contributed by atoms with Crippen molar-refractivity contribution in [2.24, 2.45) is 0 Å². The first-order chi connectivity index (χ1) is 11.7. The van der Waals surface area contributed by atoms with Crippen molar-refractivity contribution in [2.45, 2.75) is 0 Å². The predicted molar refractivity (Wildman–Crippen MR) is 91.6 cm³/mol. The number of ether oxygens (including phenoxy) is 1. The molecular formula is C17H9Cl2N4O. The summed E-state index contributed by atoms with van der Waals surface area (Å²) in [7, 11) is 0. The zero-order valence-corrected chi connectivity index (χ0v) is 13.7. The molecular weight excluding hydrogens is 347 g/mol. The molecule has 2 aromatic heterocycles. The molecule has 7 heteroatoms. The second-order valence-electron chi connectivity index (χ2n) is 4.93. The van der Waals surface area contributed by atoms with Gasteiger partial charge in [0.05, 0.1) is 0 Å². The Hall–Kier alpha value is -2.63. The summed E-state index contributed by atoms with van der Waals surface area (Å²) in [6, 6.07) is 19.6. The van der Waals surface area contributed by atoms with Gasteiger partial charge in [-0.2, -0.15) is 4.52 Å². The van der Waals surface area contributed by atoms with Crippen LogP contribution in [0.4, 0.5) is 0 Å². The van der Waals surface area contributed by atoms with E-state index >= 15 is 0 Å². The number of rotatable bonds is 3. The van der Waals surface area contributed by atoms with Gasteiger partial charge in [0, 0.05) is 16.7 Å². The fourth-order valence-corrected chi connectivity index (χ4v) is 2.61. The molecule has 0 amide bonds. The van der Waals surface area contributed by atoms with Crippen molar-refractivity contribution in [3.8, 4) is 22.8 Å². The summed E-state index contributed by atoms with van der Waals surface area (Å²) in [5, 5.41) is 12.7. The van der Waals surface area contributed by atoms with Crippen molar-refractivity contribution in [3.05, 3.63) is 71.0 Å². The van der Waals surface area contributed by atoms with E-state index in [2.05, 4.69) is 21.4 Å². The van der Waals surface area contributed by atoms with E-state index in [0.717, 1.165) is 11.1 Å². The Morgan fingerprint density at radius 1 is 1.00 bits per heavy atom. The maximum absolute atomic E-state index is 6.13. The summed E-state index contributed by atoms with van der Waals surface area (Å²) in [6.07, 6.45) is 0. The lowest BCUT2D eigenvalue weighted by Gasteiger charge is -2.11. The molecule has 0 bridgehead atoms. The summed E-state index contributed by atoms with van der Waals surface area (Å²) in [4.78, 5) is 0. The van der Waals surface area contributed by atoms with Crippen LogP contribution < -0.4 is 4.74 Å². The van der Waals surface area contributed by atoms with E-state index in [1.165, 1.54) is 4.52 Å². The molecule has 0 aliphatic heterocycles. The Morgan fingerprint density at radius 2 is 1.92 bits per heavy atom. The highest BCUT2D eigenvalue weighted by Gasteiger charge is 2.11. The fourth-order valence-electron chi connectivity index (χ4n) is 2.28. The van der Waals surface area contributed by atoms with Crippen molar-refractivity contribution in [3.63, 3.8) is 0 Å². The molecule has 4 aromatic rings. The minimum atomic E-state index is 0.170. The monoisotopic (exact) mass is 355 g/mol. The number of nitrogens with zero attached hydrogens (tertiary/aromatic N) is 4. The summed E-state index contributed by atoms with van der Waals surface area (Å²) < 4.78 is 7.33. The van der Waals surface area contributed by atoms with Crippen LogP contribution in [0.25, 0.3) is 16.8 Å². The Labute approximate surface area is 147 Å². The van der Waals surface area contributed by atoms with E-state index in [0.29, 0.717) is 22.3 Å². The third-order valence-electron chi connectivity index (χ3n) is 3.36. The van der Waals surface area contributed by atoms with Gasteiger partial charge in [0.2, 0.25) is 11.2 Å². The zero-order chi connectivity index (χ0) is 16.5. The standard InChI is InChI=1S/C17H9Cl2N4O/c18-12-6-7-14(13(10-12)11-4-2-1-3-5-11)24-16-9-8-15-20-21-17(19)23(15)22-16/h1-4,6-10H. The van der Waals surface area contributed by atoms with E-state index in [-0.39, 0.29) is 5.28 Å². The van der Waals surface area contributed by atoms with E-state index < -0.39 is 0 Å². The predicted octanol–water partition coefficient (Wildman–Crippen LogP) is 4.69. The highest BCUT2D eigenvalue weighted by Crippen LogP contribution is 2.34. The van der Waals surface area contributed by atoms with E-state index in [9.17, 15) is 0 Å². The topological polar surface area (TPSA) is 52.3 Å². The van der Waals surface area contributed by atoms with Crippen LogP contribution in [0.2, 0.25) is 10.3 Å². The summed E-state index contributed by atoms with van der Waals surface area (Å²) >= 11 is 12.1. The van der Waals surface area contributed by atoms with Crippen LogP contribution in [-0.2, 0) is 0 Å². The number of benzene rings is 2. The van der Waals surface area contributed by atoms with Gasteiger partial charge >= 0.3 is 0 Å². The third-order valence-corrected chi connectivity index (χ3v) is 3.83. The Bertz CT molecular complexity index is 1020. The Morgan fingerprint density at radius 3 is 2.75 bits per heavy atom. The zero-order valence-electron chi connectivity index (χ0n) is 12.1. The van der Waals surface area contributed by atoms with Crippen LogP contribution in [0.5, 0.6) is 11.6 Å². The van der Waals surface area contributed by atoms with Gasteiger partial charge in [0.25, 0.3) is 0 Å². The molecule has 0 aliphatic rings. The minimum Gasteiger partial charge on any atom is -0.437 e. The quantitative estimate of drug-likeness (QED) is 0.534. The molecule has 0 spiro atoms. The third kappa shape index (κ3) is 2.79. The Balaban J connectivity index is 1.77. The lowest BCUT2D eigenvalue weighted by molar-refractivity contribution is 0.454. The highest BCUT2D eigenvalue weighted by molar-refractivity contribution is 6.31. The second-order valence-corrected chi connectivity index (χ2v) is 5.70. The van der Waals surface area contributed by atoms with Gasteiger partial charge in [-0.1, -0.05) is 35.9 Å². The molecule has 0 atom stereocenters. The van der Waals surface area contributed by atoms with E-state index in [1.807, 2.05) is 30.3 Å². The number of hydrogen-bond acceptors (Lipinski definition) is 4. The van der Waals surface area contributed by atoms with E-state index in [4.69, 9.17) is 27.9 Å². The van der Waals surface area contributed by atoms with Crippen molar-refractivity contribution in [1.29, 1.82) is 0 Å². The van der Waals surface area contributed by atoms with Gasteiger partial charge in [0.15, 0.2) is 5.65 Å². The molecule has 2 heterocycles. The van der Waals surface area contributed by atoms with Crippen molar-refractivity contribution < 1.29 is 4.74 Å². The molecule has 0 saturated carbocycles. The molecule has 24 heavy (non-hydrogen) atoms. The maximum Gasteiger partial charge on any atom is 0.246 e. The number of fused-ring (bicyclic) bond motifs is 1. The first kappa shape index (κ1) is 14.9. The SMILES string of the molecule is Clc1ccc(Oc2ccc3nnc(Cl)n3n2)c(-c2[c]cccc2)c1. The summed E-state index contributed by atoms with van der Waals surface area (Å²) in [5.74, 6) is 0.974. The van der Waals surface area contributed by atoms with Crippen molar-refractivity contribution in [2.75, 3.05) is 0 Å². The van der Waals surface area contributed by atoms with Gasteiger partial charge in [0.1, 0.15) is 5.75 Å². The second kappa shape index (κ2) is 6.11. The molecule has 0 aliphatic carbocycles. The smallest absolute Gasteiger partial charge is 0.246 e. The van der Waals surface area contributed by atoms with Gasteiger partial charge in [-0.05, 0) is 47.5 Å². The van der Waals surface area contributed by atoms with Crippen LogP contribution in [0.1, 0.15) is 0 Å². The summed E-state index contributed by atoms with van der Waals surface area (Å²) in [6.45, 7) is 0. The molecule has 0 fully saturated rings. The first-order valence-corrected chi connectivity index (χ1v) is 7.79. The lowest BCUT2D eigenvalue weighted by atomic mass is 10.0. The molecule has 5 nitrogen and oxygen atoms in total. The van der Waals surface area contributed by atoms with Crippen LogP contribution in [0, 0.1) is 6.07 Å². The van der Waals surface area contributed by atoms with Crippen LogP contribution in [0.3, 0.4) is 0 Å². The molecule has 0 saturated heterocycles. The van der Waals surface area contributed by atoms with Gasteiger partial charge in [-0.3, -0.25) is 0 Å². The van der Waals surface area contributed by atoms with Gasteiger partial charge in [-0.25, -0.2) is 0 Å². The lowest BCUT2D eigenvalue weighted by Crippen LogP contribution is -1.96. The van der Waals surface area contributed by atoms with Crippen LogP contribution in [0.15, 0.2) is 54.6 Å². The molecule has 117 valence electrons. The van der Waals surface area contributed by atoms with Crippen LogP contribution in [-0.4, -0.2) is 19.8 Å². The Kier molecular flexibility index (Phi) is 3.80. The first-order valence-electron chi connectivity index (χ1n) is 7.03. The maximum atomic E-state index is 6.13. The average molecular weight is 356 g/mol. The molecule has 1 radical (unpaired) electrons. The van der Waals surface area contributed by atoms with Crippen molar-refractivity contribution >= 4 is 28.8 Å². The minimum absolute atomic E-state index is 0.170. The number of hydrogen-bond donors (Lipinski definition) is 0. The largest absolute Gasteiger partial charge is 0.437 e. The normalized spacial score (nSPS) is 10.9. The average Bonchev–Trinajstić information content (AvgIpc) is 2.98.